The van der Waals surface area contributed by atoms with E-state index in [0.717, 1.165) is 69.0 Å². The fourth-order valence-electron chi connectivity index (χ4n) is 14.4. The number of nitrogens with zero attached hydrogens (tertiary/aromatic N) is 2. The molecular formula is C67H72F6N2O6. The molecule has 0 N–H and O–H groups in total. The van der Waals surface area contributed by atoms with Gasteiger partial charge in [-0.25, -0.2) is 0 Å². The fourth-order valence-corrected chi connectivity index (χ4v) is 14.4. The first kappa shape index (κ1) is 56.1. The molecule has 5 aliphatic rings. The van der Waals surface area contributed by atoms with Crippen LogP contribution in [0.1, 0.15) is 143 Å². The molecule has 0 radical (unpaired) electrons. The Bertz CT molecular complexity index is 3260. The Balaban J connectivity index is 0.944. The highest BCUT2D eigenvalue weighted by molar-refractivity contribution is 6.10. The van der Waals surface area contributed by atoms with Gasteiger partial charge in [0.15, 0.2) is 5.60 Å². The molecule has 1 saturated heterocycles. The van der Waals surface area contributed by atoms with Crippen LogP contribution in [0.3, 0.4) is 0 Å². The maximum absolute atomic E-state index is 15.4. The predicted octanol–water partition coefficient (Wildman–Crippen LogP) is 17.1. The number of methoxy groups -OCH3 is 3. The number of halogens is 6. The molecule has 14 heteroatoms. The first-order valence-corrected chi connectivity index (χ1v) is 28.9. The summed E-state index contributed by atoms with van der Waals surface area (Å²) in [6.45, 7) is 7.63. The van der Waals surface area contributed by atoms with Gasteiger partial charge in [0.1, 0.15) is 28.7 Å². The second-order valence-corrected chi connectivity index (χ2v) is 23.6. The summed E-state index contributed by atoms with van der Waals surface area (Å²) >= 11 is 0. The molecule has 8 nitrogen and oxygen atoms in total. The maximum Gasteiger partial charge on any atom is 0.416 e. The number of carbonyl (C=O) groups excluding carboxylic acids is 1. The van der Waals surface area contributed by atoms with E-state index in [1.54, 1.807) is 35.2 Å². The number of carbonyl (C=O) groups is 1. The minimum absolute atomic E-state index is 0.108. The second kappa shape index (κ2) is 21.8. The lowest BCUT2D eigenvalue weighted by molar-refractivity contribution is -0.150. The standard InChI is InChI=1S/C67H72F6N2O6/c1-7-8-12-30-64(31-27-43(28-32-64)42-13-10-9-11-14-42)62(76)80-50-25-19-47(20-26-50)74-34-36-75(37-35-74)56-40-52-53(41-57(56)79-6)61-51(60-58(52)54-38-46(66(68,69)70)39-55(67(71,72)73)59(54)63(60,2)3)29-33-65(81-61,44-15-21-48(77-4)22-16-44)45-17-23-49(78-5)24-18-45/h15-26,29,33,38-43H,7-14,27-28,30-32,34-37H2,1-6H3. The molecular weight excluding hydrogens is 1040 g/mol. The molecule has 3 fully saturated rings. The molecule has 6 aromatic rings. The zero-order valence-electron chi connectivity index (χ0n) is 47.2. The van der Waals surface area contributed by atoms with Crippen molar-refractivity contribution in [2.75, 3.05) is 57.3 Å². The maximum atomic E-state index is 15.4. The van der Waals surface area contributed by atoms with Gasteiger partial charge >= 0.3 is 18.3 Å². The van der Waals surface area contributed by atoms with E-state index >= 15 is 13.2 Å². The van der Waals surface area contributed by atoms with Crippen LogP contribution in [0.25, 0.3) is 28.0 Å². The van der Waals surface area contributed by atoms with Crippen LogP contribution in [-0.2, 0) is 28.2 Å². The third kappa shape index (κ3) is 10.2. The molecule has 0 bridgehead atoms. The van der Waals surface area contributed by atoms with E-state index < -0.39 is 39.9 Å². The second-order valence-electron chi connectivity index (χ2n) is 23.6. The summed E-state index contributed by atoms with van der Waals surface area (Å²) in [5, 5.41) is 0.873. The zero-order chi connectivity index (χ0) is 57.1. The minimum atomic E-state index is -5.12. The van der Waals surface area contributed by atoms with Gasteiger partial charge < -0.3 is 33.5 Å². The van der Waals surface area contributed by atoms with E-state index in [1.165, 1.54) is 32.1 Å². The number of esters is 1. The number of rotatable bonds is 14. The van der Waals surface area contributed by atoms with E-state index in [0.29, 0.717) is 99.6 Å². The van der Waals surface area contributed by atoms with Crippen LogP contribution in [0.15, 0.2) is 103 Å². The average Bonchev–Trinajstić information content (AvgIpc) is 1.97. The number of fused-ring (bicyclic) bond motifs is 8. The van der Waals surface area contributed by atoms with E-state index in [2.05, 4.69) is 16.7 Å². The van der Waals surface area contributed by atoms with Crippen molar-refractivity contribution in [3.8, 4) is 39.9 Å². The number of ether oxygens (including phenoxy) is 5. The topological polar surface area (TPSA) is 69.7 Å². The van der Waals surface area contributed by atoms with Crippen LogP contribution in [0.4, 0.5) is 37.7 Å². The third-order valence-corrected chi connectivity index (χ3v) is 18.7. The van der Waals surface area contributed by atoms with Crippen molar-refractivity contribution in [1.82, 2.24) is 0 Å². The van der Waals surface area contributed by atoms with Gasteiger partial charge in [-0.05, 0) is 150 Å². The molecule has 81 heavy (non-hydrogen) atoms. The number of piperazine rings is 1. The van der Waals surface area contributed by atoms with Crippen molar-refractivity contribution in [2.24, 2.45) is 17.3 Å². The van der Waals surface area contributed by atoms with Crippen LogP contribution >= 0.6 is 0 Å². The Labute approximate surface area is 471 Å². The van der Waals surface area contributed by atoms with Crippen molar-refractivity contribution >= 4 is 34.2 Å². The number of unbranched alkanes of at least 4 members (excludes halogenated alkanes) is 2. The molecule has 0 amide bonds. The van der Waals surface area contributed by atoms with Crippen molar-refractivity contribution in [1.29, 1.82) is 0 Å². The molecule has 0 unspecified atom stereocenters. The number of hydrogen-bond donors (Lipinski definition) is 0. The monoisotopic (exact) mass is 1110 g/mol. The van der Waals surface area contributed by atoms with Gasteiger partial charge in [-0.1, -0.05) is 102 Å². The number of anilines is 2. The molecule has 0 spiro atoms. The van der Waals surface area contributed by atoms with Crippen molar-refractivity contribution in [3.05, 3.63) is 142 Å². The Morgan fingerprint density at radius 2 is 1.25 bits per heavy atom. The Kier molecular flexibility index (Phi) is 15.1. The Hall–Kier alpha value is -6.83. The lowest BCUT2D eigenvalue weighted by Gasteiger charge is -2.41. The van der Waals surface area contributed by atoms with Gasteiger partial charge in [-0.2, -0.15) is 26.3 Å². The van der Waals surface area contributed by atoms with Gasteiger partial charge in [0, 0.05) is 59.4 Å². The van der Waals surface area contributed by atoms with Gasteiger partial charge in [-0.3, -0.25) is 4.79 Å². The summed E-state index contributed by atoms with van der Waals surface area (Å²) in [6, 6.07) is 27.3. The molecule has 0 aromatic heterocycles. The van der Waals surface area contributed by atoms with Crippen LogP contribution < -0.4 is 33.5 Å². The van der Waals surface area contributed by atoms with E-state index in [-0.39, 0.29) is 28.7 Å². The first-order chi connectivity index (χ1) is 38.8. The number of benzene rings is 6. The summed E-state index contributed by atoms with van der Waals surface area (Å²) in [6.07, 6.45) is 8.13. The molecule has 428 valence electrons. The van der Waals surface area contributed by atoms with Crippen LogP contribution in [0.2, 0.25) is 0 Å². The number of hydrogen-bond acceptors (Lipinski definition) is 8. The Morgan fingerprint density at radius 1 is 0.654 bits per heavy atom. The van der Waals surface area contributed by atoms with Gasteiger partial charge in [0.25, 0.3) is 0 Å². The zero-order valence-corrected chi connectivity index (χ0v) is 47.2. The molecule has 11 rings (SSSR count). The van der Waals surface area contributed by atoms with E-state index in [1.807, 2.05) is 97.1 Å². The van der Waals surface area contributed by atoms with Crippen molar-refractivity contribution < 1.29 is 54.8 Å². The fraction of sp³-hybridized carbons (Fsp3) is 0.448. The predicted molar refractivity (Wildman–Crippen MR) is 306 cm³/mol. The summed E-state index contributed by atoms with van der Waals surface area (Å²) in [4.78, 5) is 18.6. The largest absolute Gasteiger partial charge is 0.497 e. The highest BCUT2D eigenvalue weighted by Crippen LogP contribution is 2.62. The van der Waals surface area contributed by atoms with Gasteiger partial charge in [-0.15, -0.1) is 0 Å². The lowest BCUT2D eigenvalue weighted by Crippen LogP contribution is -2.46. The SMILES string of the molecule is CCCCCC1(C(=O)Oc2ccc(N3CCN(c4cc5c6c(c7c(c5cc4OC)OC(c4ccc(OC)cc4)(c4ccc(OC)cc4)C=C7)C(C)(C)c4c-6cc(C(F)(F)F)cc4C(F)(F)F)CC3)cc2)CCC(C2CCCCC2)CC1. The smallest absolute Gasteiger partial charge is 0.416 e. The number of alkyl halides is 6. The lowest BCUT2D eigenvalue weighted by atomic mass is 9.63. The summed E-state index contributed by atoms with van der Waals surface area (Å²) in [5.41, 5.74) is -2.17. The molecule has 2 heterocycles. The first-order valence-electron chi connectivity index (χ1n) is 28.9. The quantitative estimate of drug-likeness (QED) is 0.0462. The molecule has 0 atom stereocenters. The van der Waals surface area contributed by atoms with Crippen molar-refractivity contribution in [3.63, 3.8) is 0 Å². The highest BCUT2D eigenvalue weighted by atomic mass is 19.4. The Morgan fingerprint density at radius 3 is 1.81 bits per heavy atom. The molecule has 3 aliphatic carbocycles. The molecule has 6 aromatic carbocycles. The van der Waals surface area contributed by atoms with Crippen molar-refractivity contribution in [2.45, 2.75) is 128 Å². The third-order valence-electron chi connectivity index (χ3n) is 18.7. The summed E-state index contributed by atoms with van der Waals surface area (Å²) in [7, 11) is 4.69. The van der Waals surface area contributed by atoms with Crippen LogP contribution in [0, 0.1) is 17.3 Å². The van der Waals surface area contributed by atoms with Gasteiger partial charge in [0.2, 0.25) is 0 Å². The van der Waals surface area contributed by atoms with Crippen LogP contribution in [-0.4, -0.2) is 53.5 Å². The van der Waals surface area contributed by atoms with E-state index in [9.17, 15) is 18.0 Å². The highest BCUT2D eigenvalue weighted by Gasteiger charge is 2.51. The van der Waals surface area contributed by atoms with Crippen LogP contribution in [0.5, 0.6) is 28.7 Å². The summed E-state index contributed by atoms with van der Waals surface area (Å²) < 4.78 is 122. The summed E-state index contributed by atoms with van der Waals surface area (Å²) in [5.74, 6) is 3.92. The van der Waals surface area contributed by atoms with Gasteiger partial charge in [0.05, 0.1) is 43.6 Å². The molecule has 2 aliphatic heterocycles. The molecule has 2 saturated carbocycles. The average molecular weight is 1120 g/mol. The normalized spacial score (nSPS) is 20.5. The van der Waals surface area contributed by atoms with E-state index in [4.69, 9.17) is 23.7 Å². The minimum Gasteiger partial charge on any atom is -0.497 e.